The molecule has 1 aliphatic carbocycles. The lowest BCUT2D eigenvalue weighted by Crippen LogP contribution is -2.32. The number of hydrogen-bond acceptors (Lipinski definition) is 2. The molecule has 1 heterocycles. The van der Waals surface area contributed by atoms with Crippen LogP contribution in [0.25, 0.3) is 10.9 Å². The molecular weight excluding hydrogens is 276 g/mol. The smallest absolute Gasteiger partial charge is 0.352 e. The molecule has 1 aromatic heterocycles. The first kappa shape index (κ1) is 15.1. The highest BCUT2D eigenvalue weighted by atomic mass is 16.4. The second-order valence-electron chi connectivity index (χ2n) is 6.55. The molecule has 4 nitrogen and oxygen atoms in total. The van der Waals surface area contributed by atoms with E-state index in [4.69, 9.17) is 0 Å². The zero-order chi connectivity index (χ0) is 15.7. The number of aromatic nitrogens is 1. The molecule has 0 radical (unpaired) electrons. The van der Waals surface area contributed by atoms with Crippen molar-refractivity contribution < 1.29 is 9.90 Å². The van der Waals surface area contributed by atoms with Crippen LogP contribution in [0.2, 0.25) is 0 Å². The Morgan fingerprint density at radius 3 is 2.64 bits per heavy atom. The Labute approximate surface area is 131 Å². The van der Waals surface area contributed by atoms with Crippen LogP contribution in [0.1, 0.15) is 48.7 Å². The maximum absolute atomic E-state index is 11.7. The van der Waals surface area contributed by atoms with Gasteiger partial charge in [0.25, 0.3) is 0 Å². The maximum Gasteiger partial charge on any atom is 0.352 e. The van der Waals surface area contributed by atoms with Gasteiger partial charge in [-0.1, -0.05) is 25.1 Å². The van der Waals surface area contributed by atoms with Crippen LogP contribution in [-0.2, 0) is 13.6 Å². The van der Waals surface area contributed by atoms with E-state index in [2.05, 4.69) is 12.2 Å². The minimum Gasteiger partial charge on any atom is -0.477 e. The van der Waals surface area contributed by atoms with Crippen molar-refractivity contribution in [3.05, 3.63) is 35.5 Å². The number of nitrogens with one attached hydrogen (secondary N) is 1. The summed E-state index contributed by atoms with van der Waals surface area (Å²) in [7, 11) is 1.83. The molecular formula is C18H24N2O2. The zero-order valence-electron chi connectivity index (χ0n) is 13.3. The SMILES string of the molecule is CC1CCC(NCc2c(C(=O)O)n(C)c3ccccc23)CC1. The van der Waals surface area contributed by atoms with Gasteiger partial charge in [0.15, 0.2) is 0 Å². The standard InChI is InChI=1S/C18H24N2O2/c1-12-7-9-13(10-8-12)19-11-15-14-5-3-4-6-16(14)20(2)17(15)18(21)22/h3-6,12-13,19H,7-11H2,1-2H3,(H,21,22). The highest BCUT2D eigenvalue weighted by molar-refractivity contribution is 5.98. The largest absolute Gasteiger partial charge is 0.477 e. The summed E-state index contributed by atoms with van der Waals surface area (Å²) in [5.74, 6) is -0.0297. The fourth-order valence-electron chi connectivity index (χ4n) is 3.63. The van der Waals surface area contributed by atoms with E-state index in [1.807, 2.05) is 31.3 Å². The molecule has 2 aromatic rings. The van der Waals surface area contributed by atoms with Crippen molar-refractivity contribution in [2.75, 3.05) is 0 Å². The van der Waals surface area contributed by atoms with Crippen molar-refractivity contribution in [1.82, 2.24) is 9.88 Å². The molecule has 3 rings (SSSR count). The second-order valence-corrected chi connectivity index (χ2v) is 6.55. The van der Waals surface area contributed by atoms with Crippen molar-refractivity contribution in [3.63, 3.8) is 0 Å². The number of nitrogens with zero attached hydrogens (tertiary/aromatic N) is 1. The van der Waals surface area contributed by atoms with Crippen LogP contribution in [-0.4, -0.2) is 21.7 Å². The summed E-state index contributed by atoms with van der Waals surface area (Å²) >= 11 is 0. The number of aromatic carboxylic acids is 1. The molecule has 0 bridgehead atoms. The summed E-state index contributed by atoms with van der Waals surface area (Å²) in [5, 5.41) is 14.2. The molecule has 1 fully saturated rings. The fraction of sp³-hybridized carbons (Fsp3) is 0.500. The van der Waals surface area contributed by atoms with E-state index in [-0.39, 0.29) is 0 Å². The highest BCUT2D eigenvalue weighted by Gasteiger charge is 2.22. The summed E-state index contributed by atoms with van der Waals surface area (Å²) in [6.07, 6.45) is 4.90. The molecule has 2 N–H and O–H groups in total. The number of aryl methyl sites for hydroxylation is 1. The van der Waals surface area contributed by atoms with E-state index in [1.54, 1.807) is 4.57 Å². The number of fused-ring (bicyclic) bond motifs is 1. The molecule has 118 valence electrons. The van der Waals surface area contributed by atoms with Gasteiger partial charge in [-0.25, -0.2) is 4.79 Å². The molecule has 0 amide bonds. The van der Waals surface area contributed by atoms with Crippen molar-refractivity contribution >= 4 is 16.9 Å². The van der Waals surface area contributed by atoms with E-state index in [9.17, 15) is 9.90 Å². The Balaban J connectivity index is 1.86. The Bertz CT molecular complexity index is 682. The van der Waals surface area contributed by atoms with Crippen molar-refractivity contribution in [2.45, 2.75) is 45.2 Å². The van der Waals surface area contributed by atoms with Gasteiger partial charge in [0.05, 0.1) is 0 Å². The third-order valence-electron chi connectivity index (χ3n) is 5.00. The first-order valence-corrected chi connectivity index (χ1v) is 8.11. The lowest BCUT2D eigenvalue weighted by Gasteiger charge is -2.27. The van der Waals surface area contributed by atoms with Gasteiger partial charge in [-0.05, 0) is 37.7 Å². The van der Waals surface area contributed by atoms with Crippen LogP contribution in [0.3, 0.4) is 0 Å². The van der Waals surface area contributed by atoms with Crippen LogP contribution >= 0.6 is 0 Å². The normalized spacial score (nSPS) is 22.1. The van der Waals surface area contributed by atoms with Gasteiger partial charge in [-0.15, -0.1) is 0 Å². The van der Waals surface area contributed by atoms with E-state index in [1.165, 1.54) is 25.7 Å². The highest BCUT2D eigenvalue weighted by Crippen LogP contribution is 2.27. The Kier molecular flexibility index (Phi) is 4.21. The Hall–Kier alpha value is -1.81. The number of para-hydroxylation sites is 1. The topological polar surface area (TPSA) is 54.3 Å². The quantitative estimate of drug-likeness (QED) is 0.908. The summed E-state index contributed by atoms with van der Waals surface area (Å²) < 4.78 is 1.79. The number of benzene rings is 1. The molecule has 4 heteroatoms. The maximum atomic E-state index is 11.7. The van der Waals surface area contributed by atoms with Crippen molar-refractivity contribution in [3.8, 4) is 0 Å². The van der Waals surface area contributed by atoms with E-state index >= 15 is 0 Å². The van der Waals surface area contributed by atoms with Gasteiger partial charge in [-0.3, -0.25) is 0 Å². The lowest BCUT2D eigenvalue weighted by atomic mass is 9.87. The van der Waals surface area contributed by atoms with Crippen molar-refractivity contribution in [1.29, 1.82) is 0 Å². The summed E-state index contributed by atoms with van der Waals surface area (Å²) in [5.41, 5.74) is 2.29. The van der Waals surface area contributed by atoms with Crippen LogP contribution in [0.5, 0.6) is 0 Å². The average molecular weight is 300 g/mol. The summed E-state index contributed by atoms with van der Waals surface area (Å²) in [6, 6.07) is 8.43. The molecule has 1 saturated carbocycles. The average Bonchev–Trinajstić information content (AvgIpc) is 2.80. The van der Waals surface area contributed by atoms with Crippen molar-refractivity contribution in [2.24, 2.45) is 13.0 Å². The number of carbonyl (C=O) groups is 1. The zero-order valence-corrected chi connectivity index (χ0v) is 13.3. The molecule has 0 saturated heterocycles. The molecule has 0 unspecified atom stereocenters. The first-order valence-electron chi connectivity index (χ1n) is 8.11. The minimum absolute atomic E-state index is 0.401. The van der Waals surface area contributed by atoms with E-state index < -0.39 is 5.97 Å². The van der Waals surface area contributed by atoms with Crippen LogP contribution in [0, 0.1) is 5.92 Å². The monoisotopic (exact) mass is 300 g/mol. The number of carboxylic acids is 1. The van der Waals surface area contributed by atoms with Crippen LogP contribution in [0.15, 0.2) is 24.3 Å². The van der Waals surface area contributed by atoms with Gasteiger partial charge in [0, 0.05) is 36.1 Å². The van der Waals surface area contributed by atoms with Gasteiger partial charge in [-0.2, -0.15) is 0 Å². The van der Waals surface area contributed by atoms with Gasteiger partial charge in [0.2, 0.25) is 0 Å². The van der Waals surface area contributed by atoms with E-state index in [0.29, 0.717) is 18.3 Å². The minimum atomic E-state index is -0.854. The second kappa shape index (κ2) is 6.13. The molecule has 0 aliphatic heterocycles. The predicted molar refractivity (Wildman–Crippen MR) is 88.1 cm³/mol. The van der Waals surface area contributed by atoms with E-state index in [0.717, 1.165) is 22.4 Å². The Morgan fingerprint density at radius 1 is 1.27 bits per heavy atom. The molecule has 22 heavy (non-hydrogen) atoms. The fourth-order valence-corrected chi connectivity index (χ4v) is 3.63. The number of hydrogen-bond donors (Lipinski definition) is 2. The predicted octanol–water partition coefficient (Wildman–Crippen LogP) is 3.54. The van der Waals surface area contributed by atoms with Crippen LogP contribution < -0.4 is 5.32 Å². The van der Waals surface area contributed by atoms with Gasteiger partial charge in [0.1, 0.15) is 5.69 Å². The molecule has 1 aromatic carbocycles. The summed E-state index contributed by atoms with van der Waals surface area (Å²) in [6.45, 7) is 2.94. The molecule has 1 aliphatic rings. The van der Waals surface area contributed by atoms with Crippen LogP contribution in [0.4, 0.5) is 0 Å². The Morgan fingerprint density at radius 2 is 1.95 bits per heavy atom. The van der Waals surface area contributed by atoms with Gasteiger partial charge < -0.3 is 15.0 Å². The first-order chi connectivity index (χ1) is 10.6. The molecule has 0 spiro atoms. The lowest BCUT2D eigenvalue weighted by molar-refractivity contribution is 0.0685. The summed E-state index contributed by atoms with van der Waals surface area (Å²) in [4.78, 5) is 11.7. The number of carboxylic acid groups (broad SMARTS) is 1. The third kappa shape index (κ3) is 2.75. The third-order valence-corrected chi connectivity index (χ3v) is 5.00. The molecule has 0 atom stereocenters. The number of rotatable bonds is 4. The van der Waals surface area contributed by atoms with Gasteiger partial charge >= 0.3 is 5.97 Å².